The van der Waals surface area contributed by atoms with Crippen molar-refractivity contribution in [2.24, 2.45) is 0 Å². The van der Waals surface area contributed by atoms with Gasteiger partial charge in [-0.3, -0.25) is 4.31 Å². The number of benzene rings is 2. The van der Waals surface area contributed by atoms with E-state index in [9.17, 15) is 8.42 Å². The van der Waals surface area contributed by atoms with Crippen LogP contribution in [0.5, 0.6) is 5.75 Å². The first kappa shape index (κ1) is 18.8. The molecule has 2 heterocycles. The Hall–Kier alpha value is -2.58. The second-order valence-corrected chi connectivity index (χ2v) is 9.54. The lowest BCUT2D eigenvalue weighted by Gasteiger charge is -2.21. The van der Waals surface area contributed by atoms with Crippen molar-refractivity contribution in [2.75, 3.05) is 23.0 Å². The number of fused-ring (bicyclic) bond motifs is 1. The third-order valence-corrected chi connectivity index (χ3v) is 6.77. The molecular weight excluding hydrogens is 394 g/mol. The van der Waals surface area contributed by atoms with Crippen LogP contribution in [0.25, 0.3) is 11.3 Å². The van der Waals surface area contributed by atoms with Crippen LogP contribution in [0.4, 0.5) is 16.5 Å². The number of thiazole rings is 1. The number of nitrogens with zero attached hydrogens (tertiary/aromatic N) is 2. The van der Waals surface area contributed by atoms with Gasteiger partial charge in [0.1, 0.15) is 5.75 Å². The van der Waals surface area contributed by atoms with Crippen molar-refractivity contribution in [2.45, 2.75) is 19.4 Å². The molecule has 0 radical (unpaired) electrons. The molecule has 0 fully saturated rings. The van der Waals surface area contributed by atoms with Crippen molar-refractivity contribution in [1.29, 1.82) is 0 Å². The fourth-order valence-electron chi connectivity index (χ4n) is 3.59. The highest BCUT2D eigenvalue weighted by atomic mass is 32.2. The Kier molecular flexibility index (Phi) is 4.76. The third-order valence-electron chi connectivity index (χ3n) is 4.74. The molecular formula is C20H21N3O3S2. The molecule has 1 aliphatic heterocycles. The number of anilines is 3. The Labute approximate surface area is 168 Å². The van der Waals surface area contributed by atoms with Gasteiger partial charge in [-0.1, -0.05) is 18.2 Å². The largest absolute Gasteiger partial charge is 0.495 e. The molecule has 146 valence electrons. The maximum Gasteiger partial charge on any atom is 0.232 e. The maximum atomic E-state index is 12.1. The van der Waals surface area contributed by atoms with Gasteiger partial charge in [-0.05, 0) is 43.2 Å². The van der Waals surface area contributed by atoms with Gasteiger partial charge in [0.25, 0.3) is 0 Å². The Balaban J connectivity index is 1.61. The fourth-order valence-corrected chi connectivity index (χ4v) is 5.59. The summed E-state index contributed by atoms with van der Waals surface area (Å²) in [6.45, 7) is 1.93. The van der Waals surface area contributed by atoms with Gasteiger partial charge in [0.15, 0.2) is 5.13 Å². The smallest absolute Gasteiger partial charge is 0.232 e. The van der Waals surface area contributed by atoms with Crippen LogP contribution in [-0.2, 0) is 16.4 Å². The van der Waals surface area contributed by atoms with Gasteiger partial charge < -0.3 is 10.1 Å². The molecule has 4 rings (SSSR count). The van der Waals surface area contributed by atoms with Crippen LogP contribution in [0.3, 0.4) is 0 Å². The van der Waals surface area contributed by atoms with E-state index in [0.717, 1.165) is 39.1 Å². The van der Waals surface area contributed by atoms with E-state index in [4.69, 9.17) is 4.74 Å². The van der Waals surface area contributed by atoms with Crippen LogP contribution in [0, 0.1) is 0 Å². The van der Waals surface area contributed by atoms with Crippen LogP contribution >= 0.6 is 11.3 Å². The van der Waals surface area contributed by atoms with Gasteiger partial charge in [0.05, 0.1) is 30.4 Å². The Morgan fingerprint density at radius 1 is 1.25 bits per heavy atom. The third kappa shape index (κ3) is 3.45. The quantitative estimate of drug-likeness (QED) is 0.674. The molecule has 1 aliphatic rings. The Bertz CT molecular complexity index is 1130. The second kappa shape index (κ2) is 7.10. The molecule has 0 amide bonds. The number of para-hydroxylation sites is 2. The summed E-state index contributed by atoms with van der Waals surface area (Å²) in [5, 5.41) is 6.06. The number of rotatable bonds is 5. The monoisotopic (exact) mass is 415 g/mol. The van der Waals surface area contributed by atoms with Crippen LogP contribution in [0.2, 0.25) is 0 Å². The first-order valence-corrected chi connectivity index (χ1v) is 11.6. The molecule has 1 N–H and O–H groups in total. The normalized spacial score (nSPS) is 16.1. The van der Waals surface area contributed by atoms with Crippen molar-refractivity contribution in [1.82, 2.24) is 4.98 Å². The zero-order valence-corrected chi connectivity index (χ0v) is 17.5. The number of hydrogen-bond donors (Lipinski definition) is 1. The molecule has 2 aromatic carbocycles. The van der Waals surface area contributed by atoms with Crippen LogP contribution in [-0.4, -0.2) is 32.8 Å². The van der Waals surface area contributed by atoms with Crippen LogP contribution in [0.15, 0.2) is 47.8 Å². The molecule has 3 aromatic rings. The summed E-state index contributed by atoms with van der Waals surface area (Å²) < 4.78 is 31.0. The first-order valence-electron chi connectivity index (χ1n) is 8.85. The minimum atomic E-state index is -3.28. The van der Waals surface area contributed by atoms with Gasteiger partial charge in [0.2, 0.25) is 10.0 Å². The first-order chi connectivity index (χ1) is 13.4. The van der Waals surface area contributed by atoms with E-state index >= 15 is 0 Å². The average molecular weight is 416 g/mol. The zero-order valence-electron chi connectivity index (χ0n) is 15.8. The lowest BCUT2D eigenvalue weighted by Crippen LogP contribution is -2.34. The fraction of sp³-hybridized carbons (Fsp3) is 0.250. The summed E-state index contributed by atoms with van der Waals surface area (Å²) in [7, 11) is -1.64. The number of ether oxygens (including phenoxy) is 1. The van der Waals surface area contributed by atoms with E-state index in [1.54, 1.807) is 7.11 Å². The predicted molar refractivity (Wildman–Crippen MR) is 114 cm³/mol. The van der Waals surface area contributed by atoms with E-state index in [2.05, 4.69) is 10.3 Å². The lowest BCUT2D eigenvalue weighted by atomic mass is 10.1. The molecule has 1 aromatic heterocycles. The van der Waals surface area contributed by atoms with Gasteiger partial charge in [-0.2, -0.15) is 0 Å². The number of methoxy groups -OCH3 is 1. The number of aromatic nitrogens is 1. The summed E-state index contributed by atoms with van der Waals surface area (Å²) in [5.74, 6) is 0.756. The molecule has 0 saturated heterocycles. The molecule has 8 heteroatoms. The van der Waals surface area contributed by atoms with Crippen LogP contribution < -0.4 is 14.4 Å². The summed E-state index contributed by atoms with van der Waals surface area (Å²) >= 11 is 1.51. The standard InChI is InChI=1S/C20H21N3O3S2/c1-13-10-15-11-14(8-9-18(15)23(13)28(3,24)25)17-12-27-20(22-17)21-16-6-4-5-7-19(16)26-2/h4-9,11-13H,10H2,1-3H3,(H,21,22)/t13-/m0/s1. The van der Waals surface area contributed by atoms with Crippen molar-refractivity contribution in [3.63, 3.8) is 0 Å². The predicted octanol–water partition coefficient (Wildman–Crippen LogP) is 4.27. The summed E-state index contributed by atoms with van der Waals surface area (Å²) in [6.07, 6.45) is 1.95. The van der Waals surface area contributed by atoms with E-state index in [1.807, 2.05) is 54.8 Å². The van der Waals surface area contributed by atoms with E-state index < -0.39 is 10.0 Å². The SMILES string of the molecule is COc1ccccc1Nc1nc(-c2ccc3c(c2)C[C@H](C)N3S(C)(=O)=O)cs1. The molecule has 1 atom stereocenters. The number of hydrogen-bond acceptors (Lipinski definition) is 6. The zero-order chi connectivity index (χ0) is 19.9. The summed E-state index contributed by atoms with van der Waals surface area (Å²) in [6, 6.07) is 13.5. The topological polar surface area (TPSA) is 71.5 Å². The Morgan fingerprint density at radius 2 is 2.04 bits per heavy atom. The van der Waals surface area contributed by atoms with E-state index in [1.165, 1.54) is 21.9 Å². The molecule has 0 aliphatic carbocycles. The number of nitrogens with one attached hydrogen (secondary N) is 1. The molecule has 28 heavy (non-hydrogen) atoms. The van der Waals surface area contributed by atoms with Gasteiger partial charge in [-0.15, -0.1) is 11.3 Å². The molecule has 0 spiro atoms. The highest BCUT2D eigenvalue weighted by Crippen LogP contribution is 2.38. The highest BCUT2D eigenvalue weighted by Gasteiger charge is 2.32. The van der Waals surface area contributed by atoms with E-state index in [0.29, 0.717) is 6.42 Å². The van der Waals surface area contributed by atoms with Crippen molar-refractivity contribution in [3.8, 4) is 17.0 Å². The van der Waals surface area contributed by atoms with Crippen molar-refractivity contribution < 1.29 is 13.2 Å². The van der Waals surface area contributed by atoms with Gasteiger partial charge >= 0.3 is 0 Å². The average Bonchev–Trinajstić information content (AvgIpc) is 3.24. The summed E-state index contributed by atoms with van der Waals surface area (Å²) in [5.41, 5.74) is 4.49. The summed E-state index contributed by atoms with van der Waals surface area (Å²) in [4.78, 5) is 4.68. The Morgan fingerprint density at radius 3 is 2.79 bits per heavy atom. The molecule has 0 saturated carbocycles. The minimum absolute atomic E-state index is 0.0709. The maximum absolute atomic E-state index is 12.1. The highest BCUT2D eigenvalue weighted by molar-refractivity contribution is 7.92. The molecule has 6 nitrogen and oxygen atoms in total. The van der Waals surface area contributed by atoms with Crippen molar-refractivity contribution in [3.05, 3.63) is 53.4 Å². The minimum Gasteiger partial charge on any atom is -0.495 e. The van der Waals surface area contributed by atoms with E-state index in [-0.39, 0.29) is 6.04 Å². The van der Waals surface area contributed by atoms with Crippen molar-refractivity contribution >= 4 is 37.9 Å². The van der Waals surface area contributed by atoms with Crippen LogP contribution in [0.1, 0.15) is 12.5 Å². The number of sulfonamides is 1. The second-order valence-electron chi connectivity index (χ2n) is 6.82. The van der Waals surface area contributed by atoms with Gasteiger partial charge in [-0.25, -0.2) is 13.4 Å². The molecule has 0 bridgehead atoms. The lowest BCUT2D eigenvalue weighted by molar-refractivity contribution is 0.417. The van der Waals surface area contributed by atoms with Gasteiger partial charge in [0, 0.05) is 17.0 Å². The molecule has 0 unspecified atom stereocenters.